The number of carbonyl (C=O) groups excluding carboxylic acids is 1. The number of aryl methyl sites for hydroxylation is 1. The molecule has 1 aliphatic heterocycles. The zero-order valence-electron chi connectivity index (χ0n) is 8.83. The van der Waals surface area contributed by atoms with E-state index in [1.165, 1.54) is 4.90 Å². The maximum atomic E-state index is 11.7. The monoisotopic (exact) mass is 224 g/mol. The molecule has 0 aromatic carbocycles. The van der Waals surface area contributed by atoms with Gasteiger partial charge in [0.25, 0.3) is 0 Å². The van der Waals surface area contributed by atoms with Gasteiger partial charge in [-0.3, -0.25) is 19.3 Å². The number of piperazine rings is 1. The van der Waals surface area contributed by atoms with Crippen molar-refractivity contribution < 1.29 is 14.7 Å². The first-order valence-electron chi connectivity index (χ1n) is 4.86. The van der Waals surface area contributed by atoms with Gasteiger partial charge in [0.05, 0.1) is 0 Å². The van der Waals surface area contributed by atoms with Crippen molar-refractivity contribution in [1.82, 2.24) is 14.7 Å². The van der Waals surface area contributed by atoms with Crippen LogP contribution in [0.4, 0.5) is 10.6 Å². The van der Waals surface area contributed by atoms with Crippen molar-refractivity contribution in [2.24, 2.45) is 7.05 Å². The van der Waals surface area contributed by atoms with E-state index in [2.05, 4.69) is 5.10 Å². The fourth-order valence-electron chi connectivity index (χ4n) is 1.63. The lowest BCUT2D eigenvalue weighted by atomic mass is 10.3. The van der Waals surface area contributed by atoms with Crippen LogP contribution < -0.4 is 4.90 Å². The van der Waals surface area contributed by atoms with Crippen LogP contribution >= 0.6 is 0 Å². The van der Waals surface area contributed by atoms with E-state index >= 15 is 0 Å². The third kappa shape index (κ3) is 1.83. The molecule has 7 nitrogen and oxygen atoms in total. The molecule has 1 saturated heterocycles. The molecule has 2 amide bonds. The quantitative estimate of drug-likeness (QED) is 0.713. The van der Waals surface area contributed by atoms with Crippen LogP contribution in [0.15, 0.2) is 12.3 Å². The molecule has 0 spiro atoms. The van der Waals surface area contributed by atoms with Crippen LogP contribution in [0.3, 0.4) is 0 Å². The normalized spacial score (nSPS) is 16.7. The molecule has 0 radical (unpaired) electrons. The minimum atomic E-state index is -1.06. The van der Waals surface area contributed by atoms with Crippen molar-refractivity contribution in [1.29, 1.82) is 0 Å². The molecule has 86 valence electrons. The Hall–Kier alpha value is -2.05. The molecule has 0 saturated carbocycles. The van der Waals surface area contributed by atoms with Crippen molar-refractivity contribution in [3.05, 3.63) is 12.3 Å². The Balaban J connectivity index is 2.10. The first-order chi connectivity index (χ1) is 7.58. The zero-order chi connectivity index (χ0) is 11.7. The van der Waals surface area contributed by atoms with Gasteiger partial charge in [-0.15, -0.1) is 0 Å². The van der Waals surface area contributed by atoms with Gasteiger partial charge in [0, 0.05) is 32.4 Å². The topological polar surface area (TPSA) is 78.7 Å². The maximum absolute atomic E-state index is 11.7. The largest absolute Gasteiger partial charge is 0.465 e. The second-order valence-electron chi connectivity index (χ2n) is 3.60. The number of aromatic nitrogens is 2. The van der Waals surface area contributed by atoms with Gasteiger partial charge in [0.1, 0.15) is 6.54 Å². The number of amides is 2. The van der Waals surface area contributed by atoms with Gasteiger partial charge in [-0.05, 0) is 0 Å². The fourth-order valence-corrected chi connectivity index (χ4v) is 1.63. The number of rotatable bonds is 1. The number of nitrogens with zero attached hydrogens (tertiary/aromatic N) is 4. The second-order valence-corrected chi connectivity index (χ2v) is 3.60. The van der Waals surface area contributed by atoms with E-state index in [9.17, 15) is 9.59 Å². The van der Waals surface area contributed by atoms with Gasteiger partial charge in [-0.2, -0.15) is 5.10 Å². The Bertz CT molecular complexity index is 428. The van der Waals surface area contributed by atoms with Gasteiger partial charge >= 0.3 is 6.09 Å². The highest BCUT2D eigenvalue weighted by atomic mass is 16.4. The third-order valence-corrected chi connectivity index (χ3v) is 2.47. The minimum Gasteiger partial charge on any atom is -0.465 e. The SMILES string of the molecule is Cn1ccc(N2CCN(C(=O)O)CC2=O)n1. The van der Waals surface area contributed by atoms with Gasteiger partial charge in [-0.1, -0.05) is 0 Å². The van der Waals surface area contributed by atoms with E-state index in [0.717, 1.165) is 4.90 Å². The van der Waals surface area contributed by atoms with Gasteiger partial charge in [0.2, 0.25) is 5.91 Å². The first-order valence-corrected chi connectivity index (χ1v) is 4.86. The van der Waals surface area contributed by atoms with Gasteiger partial charge in [0.15, 0.2) is 5.82 Å². The second kappa shape index (κ2) is 3.84. The zero-order valence-corrected chi connectivity index (χ0v) is 8.83. The van der Waals surface area contributed by atoms with E-state index in [1.807, 2.05) is 0 Å². The van der Waals surface area contributed by atoms with Crippen LogP contribution in [0.1, 0.15) is 0 Å². The third-order valence-electron chi connectivity index (χ3n) is 2.47. The lowest BCUT2D eigenvalue weighted by Gasteiger charge is -2.31. The molecule has 7 heteroatoms. The predicted molar refractivity (Wildman–Crippen MR) is 55.2 cm³/mol. The number of carboxylic acid groups (broad SMARTS) is 1. The van der Waals surface area contributed by atoms with Crippen molar-refractivity contribution in [2.45, 2.75) is 0 Å². The Kier molecular flexibility index (Phi) is 2.51. The Labute approximate surface area is 91.9 Å². The molecule has 2 heterocycles. The standard InChI is InChI=1S/C9H12N4O3/c1-11-3-2-7(10-11)13-5-4-12(9(15)16)6-8(13)14/h2-3H,4-6H2,1H3,(H,15,16). The highest BCUT2D eigenvalue weighted by molar-refractivity contribution is 5.96. The average molecular weight is 224 g/mol. The van der Waals surface area contributed by atoms with Crippen LogP contribution in [0.2, 0.25) is 0 Å². The highest BCUT2D eigenvalue weighted by Gasteiger charge is 2.28. The molecular weight excluding hydrogens is 212 g/mol. The summed E-state index contributed by atoms with van der Waals surface area (Å²) in [7, 11) is 1.77. The van der Waals surface area contributed by atoms with Crippen LogP contribution in [0.25, 0.3) is 0 Å². The molecule has 1 aliphatic rings. The summed E-state index contributed by atoms with van der Waals surface area (Å²) in [5.41, 5.74) is 0. The molecule has 1 fully saturated rings. The molecule has 1 aromatic rings. The summed E-state index contributed by atoms with van der Waals surface area (Å²) in [6.07, 6.45) is 0.681. The predicted octanol–water partition coefficient (Wildman–Crippen LogP) is -0.253. The smallest absolute Gasteiger partial charge is 0.407 e. The van der Waals surface area contributed by atoms with E-state index in [1.54, 1.807) is 24.0 Å². The van der Waals surface area contributed by atoms with Crippen molar-refractivity contribution in [3.8, 4) is 0 Å². The van der Waals surface area contributed by atoms with E-state index in [-0.39, 0.29) is 12.5 Å². The van der Waals surface area contributed by atoms with E-state index < -0.39 is 6.09 Å². The molecule has 0 bridgehead atoms. The summed E-state index contributed by atoms with van der Waals surface area (Å²) >= 11 is 0. The summed E-state index contributed by atoms with van der Waals surface area (Å²) in [4.78, 5) is 25.0. The Morgan fingerprint density at radius 3 is 2.75 bits per heavy atom. The lowest BCUT2D eigenvalue weighted by Crippen LogP contribution is -2.52. The number of anilines is 1. The summed E-state index contributed by atoms with van der Waals surface area (Å²) in [6.45, 7) is 0.561. The van der Waals surface area contributed by atoms with E-state index in [4.69, 9.17) is 5.11 Å². The molecule has 2 rings (SSSR count). The van der Waals surface area contributed by atoms with Crippen LogP contribution in [-0.2, 0) is 11.8 Å². The minimum absolute atomic E-state index is 0.105. The summed E-state index contributed by atoms with van der Waals surface area (Å²) in [5, 5.41) is 12.9. The summed E-state index contributed by atoms with van der Waals surface area (Å²) in [6, 6.07) is 1.73. The molecule has 0 aliphatic carbocycles. The Morgan fingerprint density at radius 2 is 2.25 bits per heavy atom. The molecular formula is C9H12N4O3. The first kappa shape index (κ1) is 10.5. The van der Waals surface area contributed by atoms with Crippen molar-refractivity contribution in [2.75, 3.05) is 24.5 Å². The molecule has 16 heavy (non-hydrogen) atoms. The number of hydrogen-bond acceptors (Lipinski definition) is 3. The molecule has 0 unspecified atom stereocenters. The Morgan fingerprint density at radius 1 is 1.50 bits per heavy atom. The van der Waals surface area contributed by atoms with Crippen molar-refractivity contribution >= 4 is 17.8 Å². The summed E-state index contributed by atoms with van der Waals surface area (Å²) < 4.78 is 1.60. The molecule has 1 aromatic heterocycles. The van der Waals surface area contributed by atoms with Gasteiger partial charge < -0.3 is 5.11 Å². The van der Waals surface area contributed by atoms with Crippen LogP contribution in [0, 0.1) is 0 Å². The van der Waals surface area contributed by atoms with Crippen LogP contribution in [-0.4, -0.2) is 51.4 Å². The summed E-state index contributed by atoms with van der Waals surface area (Å²) in [5.74, 6) is 0.324. The average Bonchev–Trinajstić information content (AvgIpc) is 2.64. The maximum Gasteiger partial charge on any atom is 0.407 e. The van der Waals surface area contributed by atoms with Crippen LogP contribution in [0.5, 0.6) is 0 Å². The van der Waals surface area contributed by atoms with E-state index in [0.29, 0.717) is 18.9 Å². The highest BCUT2D eigenvalue weighted by Crippen LogP contribution is 2.14. The number of hydrogen-bond donors (Lipinski definition) is 1. The molecule has 1 N–H and O–H groups in total. The van der Waals surface area contributed by atoms with Crippen molar-refractivity contribution in [3.63, 3.8) is 0 Å². The lowest BCUT2D eigenvalue weighted by molar-refractivity contribution is -0.120. The number of carbonyl (C=O) groups is 2. The fraction of sp³-hybridized carbons (Fsp3) is 0.444. The van der Waals surface area contributed by atoms with Gasteiger partial charge in [-0.25, -0.2) is 4.79 Å². The molecule has 0 atom stereocenters.